The number of hydrogen-bond acceptors (Lipinski definition) is 26. The number of hydrogen-bond donors (Lipinski definition) is 8. The van der Waals surface area contributed by atoms with E-state index in [9.17, 15) is 62.6 Å². The summed E-state index contributed by atoms with van der Waals surface area (Å²) in [6.45, 7) is 19.9. The predicted octanol–water partition coefficient (Wildman–Crippen LogP) is 2.05. The van der Waals surface area contributed by atoms with Gasteiger partial charge in [0, 0.05) is 80.7 Å². The molecule has 6 atom stereocenters. The molecule has 8 N–H and O–H groups in total. The minimum absolute atomic E-state index is 0.0114. The lowest BCUT2D eigenvalue weighted by atomic mass is 9.81. The van der Waals surface area contributed by atoms with Gasteiger partial charge in [0.15, 0.2) is 5.60 Å². The van der Waals surface area contributed by atoms with E-state index in [1.807, 2.05) is 0 Å². The summed E-state index contributed by atoms with van der Waals surface area (Å²) in [5.41, 5.74) is -0.251. The molecule has 1 aliphatic carbocycles. The zero-order valence-electron chi connectivity index (χ0n) is 68.2. The summed E-state index contributed by atoms with van der Waals surface area (Å²) < 4.78 is 82.0. The van der Waals surface area contributed by atoms with Crippen molar-refractivity contribution >= 4 is 76.0 Å². The number of aryl methyl sites for hydroxylation is 1. The van der Waals surface area contributed by atoms with Gasteiger partial charge in [0.05, 0.1) is 154 Å². The third-order valence-corrected chi connectivity index (χ3v) is 19.5. The predicted molar refractivity (Wildman–Crippen MR) is 415 cm³/mol. The molecule has 4 aliphatic rings. The van der Waals surface area contributed by atoms with Gasteiger partial charge in [-0.15, -0.1) is 0 Å². The smallest absolute Gasteiger partial charge is 0.343 e. The van der Waals surface area contributed by atoms with Crippen molar-refractivity contribution in [1.82, 2.24) is 51.7 Å². The van der Waals surface area contributed by atoms with Gasteiger partial charge in [0.1, 0.15) is 48.8 Å². The molecule has 3 aromatic rings. The average molecular weight is 1640 g/mol. The maximum atomic E-state index is 15.7. The van der Waals surface area contributed by atoms with Crippen LogP contribution in [0.2, 0.25) is 0 Å². The van der Waals surface area contributed by atoms with Crippen molar-refractivity contribution in [2.45, 2.75) is 187 Å². The summed E-state index contributed by atoms with van der Waals surface area (Å²) >= 11 is 0. The Labute approximate surface area is 674 Å². The molecule has 3 aliphatic heterocycles. The Hall–Kier alpha value is -8.82. The number of aromatic nitrogens is 2. The molecular formula is C80H117FN10O25. The number of pyridine rings is 2. The van der Waals surface area contributed by atoms with Crippen LogP contribution >= 0.6 is 0 Å². The summed E-state index contributed by atoms with van der Waals surface area (Å²) in [6.07, 6.45) is 2.88. The molecule has 7 rings (SSSR count). The lowest BCUT2D eigenvalue weighted by Crippen LogP contribution is -2.58. The van der Waals surface area contributed by atoms with Crippen LogP contribution in [0.25, 0.3) is 22.3 Å². The fourth-order valence-electron chi connectivity index (χ4n) is 13.3. The number of unbranched alkanes of at least 4 members (excludes halogenated alkanes) is 1. The zero-order chi connectivity index (χ0) is 84.3. The van der Waals surface area contributed by atoms with E-state index in [0.717, 1.165) is 17.1 Å². The maximum absolute atomic E-state index is 15.7. The minimum Gasteiger partial charge on any atom is -0.460 e. The van der Waals surface area contributed by atoms with Crippen molar-refractivity contribution in [3.63, 3.8) is 0 Å². The first-order valence-electron chi connectivity index (χ1n) is 39.9. The molecule has 9 amide bonds. The number of fused-ring (bicyclic) bond motifs is 5. The van der Waals surface area contributed by atoms with E-state index in [1.54, 1.807) is 61.6 Å². The molecule has 1 aromatic carbocycles. The van der Waals surface area contributed by atoms with Gasteiger partial charge >= 0.3 is 11.9 Å². The van der Waals surface area contributed by atoms with E-state index >= 15 is 4.39 Å². The van der Waals surface area contributed by atoms with Crippen LogP contribution < -0.4 is 42.8 Å². The summed E-state index contributed by atoms with van der Waals surface area (Å²) in [7, 11) is 1.62. The van der Waals surface area contributed by atoms with Gasteiger partial charge in [-0.2, -0.15) is 0 Å². The molecule has 0 radical (unpaired) electrons. The molecule has 0 bridgehead atoms. The average Bonchev–Trinajstić information content (AvgIpc) is 1.50. The molecule has 2 aromatic heterocycles. The van der Waals surface area contributed by atoms with Crippen LogP contribution in [0.3, 0.4) is 0 Å². The molecule has 644 valence electrons. The van der Waals surface area contributed by atoms with Gasteiger partial charge in [0.2, 0.25) is 41.4 Å². The SMILES string of the molecule is CC[C@@]1(O)C(=O)OCc2c1cc1n(c2=O)Cc2c-1nc1cc(F)c(C)c3c1c2[C@@H](NC(=O)[C@H](C)NC(=O)[C@@H](NC(=O)[C@H](CCC(=O)OC(C)(C)C)NC(=O)CCCNC(=O)[C@H](CCCCNC(=O)COCCOCCOCCOCCOCCOCCOCCOCCOCCOC)NC(=O)CCCN1C(=O)C=CC1=O)C(C)C)CC3. The lowest BCUT2D eigenvalue weighted by Gasteiger charge is -2.31. The number of amides is 9. The number of cyclic esters (lactones) is 1. The number of carbonyl (C=O) groups is 11. The van der Waals surface area contributed by atoms with Crippen molar-refractivity contribution in [3.05, 3.63) is 73.8 Å². The first-order chi connectivity index (χ1) is 55.6. The van der Waals surface area contributed by atoms with Crippen molar-refractivity contribution in [2.24, 2.45) is 5.92 Å². The van der Waals surface area contributed by atoms with Crippen LogP contribution in [0.1, 0.15) is 159 Å². The molecule has 0 fully saturated rings. The van der Waals surface area contributed by atoms with Gasteiger partial charge in [-0.25, -0.2) is 14.2 Å². The molecule has 0 saturated heterocycles. The highest BCUT2D eigenvalue weighted by Gasteiger charge is 2.46. The summed E-state index contributed by atoms with van der Waals surface area (Å²) in [5, 5.41) is 31.5. The van der Waals surface area contributed by atoms with Crippen LogP contribution in [0.4, 0.5) is 4.39 Å². The second-order valence-electron chi connectivity index (χ2n) is 29.7. The molecule has 0 saturated carbocycles. The summed E-state index contributed by atoms with van der Waals surface area (Å²) in [4.78, 5) is 167. The highest BCUT2D eigenvalue weighted by Crippen LogP contribution is 2.46. The number of carbonyl (C=O) groups excluding carboxylic acids is 11. The molecular weight excluding hydrogens is 1520 g/mol. The second-order valence-corrected chi connectivity index (χ2v) is 29.7. The van der Waals surface area contributed by atoms with E-state index in [1.165, 1.54) is 17.6 Å². The van der Waals surface area contributed by atoms with Crippen LogP contribution in [0.15, 0.2) is 29.1 Å². The maximum Gasteiger partial charge on any atom is 0.343 e. The van der Waals surface area contributed by atoms with E-state index in [2.05, 4.69) is 37.2 Å². The first-order valence-corrected chi connectivity index (χ1v) is 39.9. The van der Waals surface area contributed by atoms with E-state index < -0.39 is 118 Å². The highest BCUT2D eigenvalue weighted by molar-refractivity contribution is 6.13. The standard InChI is InChI=1S/C80H117FN10O25/c1-10-80(104)56-45-62-72-54(47-91(62)77(102)55(56)48-115-78(80)103)70-58(19-18-53-51(4)57(81)46-61(87-72)69(53)70)88-73(98)52(5)84-76(101)71(50(2)3)89-75(100)60(20-23-68(97)116-79(6,7)8)86-63(92)16-13-25-83-74(99)59(85-64(93)17-14-26-90-66(95)21-22-67(90)96)15-11-12-24-82-65(94)49-114-44-43-113-42-41-112-40-39-111-38-37-110-36-35-109-34-33-108-32-31-107-30-29-106-28-27-105-9/h21-22,45-46,50,52,58-60,71,104H,10-20,23-44,47-49H2,1-9H3,(H,82,94)(H,83,99)(H,84,101)(H,85,93)(H,86,92)(H,88,98)(H,89,100)/t52-,58-,59-,60-,71-,80-/m0/s1. The van der Waals surface area contributed by atoms with Crippen molar-refractivity contribution in [2.75, 3.05) is 152 Å². The van der Waals surface area contributed by atoms with Crippen LogP contribution in [-0.2, 0) is 135 Å². The third-order valence-electron chi connectivity index (χ3n) is 19.5. The third kappa shape index (κ3) is 29.1. The molecule has 0 spiro atoms. The number of benzene rings is 1. The molecule has 0 unspecified atom stereocenters. The number of methoxy groups -OCH3 is 1. The van der Waals surface area contributed by atoms with Crippen LogP contribution in [0, 0.1) is 18.7 Å². The van der Waals surface area contributed by atoms with Gasteiger partial charge in [-0.3, -0.25) is 57.6 Å². The van der Waals surface area contributed by atoms with Gasteiger partial charge < -0.3 is 104 Å². The summed E-state index contributed by atoms with van der Waals surface area (Å²) in [6, 6.07) is -2.91. The Balaban J connectivity index is 0.829. The monoisotopic (exact) mass is 1640 g/mol. The first kappa shape index (κ1) is 94.3. The zero-order valence-corrected chi connectivity index (χ0v) is 68.2. The molecule has 116 heavy (non-hydrogen) atoms. The van der Waals surface area contributed by atoms with Crippen molar-refractivity contribution < 1.29 is 119 Å². The van der Waals surface area contributed by atoms with Gasteiger partial charge in [-0.1, -0.05) is 20.8 Å². The van der Waals surface area contributed by atoms with E-state index in [0.29, 0.717) is 158 Å². The number of halogens is 1. The number of aliphatic hydroxyl groups is 1. The number of rotatable bonds is 56. The van der Waals surface area contributed by atoms with Gasteiger partial charge in [0.25, 0.3) is 17.4 Å². The topological polar surface area (TPSA) is 441 Å². The Morgan fingerprint density at radius 3 is 1.72 bits per heavy atom. The van der Waals surface area contributed by atoms with Crippen molar-refractivity contribution in [3.8, 4) is 11.4 Å². The fourth-order valence-corrected chi connectivity index (χ4v) is 13.3. The number of imide groups is 1. The molecule has 5 heterocycles. The highest BCUT2D eigenvalue weighted by atomic mass is 19.1. The van der Waals surface area contributed by atoms with E-state index in [-0.39, 0.29) is 139 Å². The minimum atomic E-state index is -2.11. The Bertz CT molecular complexity index is 3930. The second kappa shape index (κ2) is 48.2. The van der Waals surface area contributed by atoms with Crippen LogP contribution in [0.5, 0.6) is 0 Å². The van der Waals surface area contributed by atoms with Gasteiger partial charge in [-0.05, 0) is 121 Å². The number of nitrogens with one attached hydrogen (secondary N) is 7. The quantitative estimate of drug-likeness (QED) is 0.0178. The Kier molecular flexibility index (Phi) is 39.2. The summed E-state index contributed by atoms with van der Waals surface area (Å²) in [5.74, 6) is -8.07. The van der Waals surface area contributed by atoms with E-state index in [4.69, 9.17) is 61.8 Å². The normalized spacial score (nSPS) is 16.4. The lowest BCUT2D eigenvalue weighted by molar-refractivity contribution is -0.172. The number of ether oxygens (including phenoxy) is 12. The van der Waals surface area contributed by atoms with Crippen molar-refractivity contribution in [1.29, 1.82) is 0 Å². The number of esters is 2. The number of nitrogens with zero attached hydrogens (tertiary/aromatic N) is 3. The molecule has 36 heteroatoms. The Morgan fingerprint density at radius 2 is 1.17 bits per heavy atom. The molecule has 35 nitrogen and oxygen atoms in total. The largest absolute Gasteiger partial charge is 0.460 e. The Morgan fingerprint density at radius 1 is 0.629 bits per heavy atom. The fraction of sp³-hybridized carbons (Fsp3) is 0.662. The van der Waals surface area contributed by atoms with Crippen LogP contribution in [-0.4, -0.2) is 267 Å².